The van der Waals surface area contributed by atoms with Gasteiger partial charge in [-0.25, -0.2) is 0 Å². The van der Waals surface area contributed by atoms with Crippen LogP contribution in [0.15, 0.2) is 0 Å². The molecule has 0 aromatic carbocycles. The van der Waals surface area contributed by atoms with Gasteiger partial charge in [0.1, 0.15) is 146 Å². The summed E-state index contributed by atoms with van der Waals surface area (Å²) in [7, 11) is 0. The van der Waals surface area contributed by atoms with Gasteiger partial charge in [-0.15, -0.1) is 0 Å². The summed E-state index contributed by atoms with van der Waals surface area (Å²) >= 11 is 0. The van der Waals surface area contributed by atoms with E-state index in [4.69, 9.17) is 52.1 Å². The zero-order valence-corrected chi connectivity index (χ0v) is 40.9. The molecule has 34 heteroatoms. The summed E-state index contributed by atoms with van der Waals surface area (Å²) in [5.41, 5.74) is 0. The van der Waals surface area contributed by atoms with Crippen molar-refractivity contribution in [3.63, 3.8) is 0 Å². The van der Waals surface area contributed by atoms with Crippen molar-refractivity contribution in [2.45, 2.75) is 205 Å². The Kier molecular flexibility index (Phi) is 22.3. The number of hydrogen-bond acceptors (Lipinski definition) is 31. The molecule has 6 rings (SSSR count). The highest BCUT2D eigenvalue weighted by Crippen LogP contribution is 2.36. The number of rotatable bonds is 19. The zero-order chi connectivity index (χ0) is 56.2. The van der Waals surface area contributed by atoms with E-state index in [0.717, 1.165) is 20.8 Å². The highest BCUT2D eigenvalue weighted by atomic mass is 16.8. The Balaban J connectivity index is 1.35. The number of aliphatic hydroxyl groups excluding tert-OH is 17. The first-order valence-electron chi connectivity index (χ1n) is 24.1. The Morgan fingerprint density at radius 1 is 0.342 bits per heavy atom. The molecule has 3 amide bonds. The second-order valence-electron chi connectivity index (χ2n) is 19.0. The number of amides is 3. The molecular formula is C42H71N3O31. The van der Waals surface area contributed by atoms with Crippen molar-refractivity contribution in [2.75, 3.05) is 39.6 Å². The Labute approximate surface area is 431 Å². The third kappa shape index (κ3) is 13.7. The van der Waals surface area contributed by atoms with Crippen LogP contribution in [0.4, 0.5) is 0 Å². The van der Waals surface area contributed by atoms with Gasteiger partial charge in [0, 0.05) is 20.8 Å². The summed E-state index contributed by atoms with van der Waals surface area (Å²) in [6.45, 7) is -2.74. The number of carbonyl (C=O) groups is 3. The minimum atomic E-state index is -2.33. The first kappa shape index (κ1) is 62.5. The second-order valence-corrected chi connectivity index (χ2v) is 19.0. The van der Waals surface area contributed by atoms with Crippen LogP contribution in [-0.4, -0.2) is 328 Å². The van der Waals surface area contributed by atoms with Crippen molar-refractivity contribution in [2.24, 2.45) is 0 Å². The number of aliphatic hydroxyl groups is 17. The van der Waals surface area contributed by atoms with E-state index in [2.05, 4.69) is 16.0 Å². The van der Waals surface area contributed by atoms with Crippen molar-refractivity contribution in [3.05, 3.63) is 0 Å². The summed E-state index contributed by atoms with van der Waals surface area (Å²) in [6.07, 6.45) is -52.5. The Morgan fingerprint density at radius 3 is 1.13 bits per heavy atom. The molecule has 0 aromatic rings. The second kappa shape index (κ2) is 27.2. The van der Waals surface area contributed by atoms with E-state index in [0.29, 0.717) is 0 Å². The molecule has 6 fully saturated rings. The largest absolute Gasteiger partial charge is 0.394 e. The SMILES string of the molecule is CC(=O)N[C@@H]1[C@@H](O)[C@H](O[C@@H]2O[C@H](CO[C@H]3O[C@H](CO)[C@@H](O)[C@H](O)[C@@H]3O[C@@H]3O[C@H](CO)[C@@H](O)[C@H](O)[C@H]3NC(C)=O)[C@@H](O)[C@H](O[C@H]3O[C@H](CO)[C@@H](O)[C@H](O)[C@@H]3O[C@@H]3O[C@H](CO)[C@@H](O)[C@H](O)[C@H]3NC(C)=O)[C@@H]2O)[C@@H](CO)O[C@H]1O. The molecule has 0 radical (unpaired) electrons. The van der Waals surface area contributed by atoms with Crippen LogP contribution in [0.3, 0.4) is 0 Å². The molecule has 76 heavy (non-hydrogen) atoms. The van der Waals surface area contributed by atoms with E-state index >= 15 is 0 Å². The van der Waals surface area contributed by atoms with Crippen molar-refractivity contribution in [1.29, 1.82) is 0 Å². The van der Waals surface area contributed by atoms with Crippen LogP contribution >= 0.6 is 0 Å². The smallest absolute Gasteiger partial charge is 0.217 e. The minimum Gasteiger partial charge on any atom is -0.394 e. The maximum atomic E-state index is 12.2. The van der Waals surface area contributed by atoms with Gasteiger partial charge in [-0.2, -0.15) is 0 Å². The van der Waals surface area contributed by atoms with E-state index in [1.54, 1.807) is 0 Å². The summed E-state index contributed by atoms with van der Waals surface area (Å²) in [6, 6.07) is -4.95. The number of nitrogens with one attached hydrogen (secondary N) is 3. The van der Waals surface area contributed by atoms with Crippen LogP contribution in [0, 0.1) is 0 Å². The van der Waals surface area contributed by atoms with Gasteiger partial charge in [-0.05, 0) is 0 Å². The van der Waals surface area contributed by atoms with E-state index in [1.807, 2.05) is 0 Å². The first-order valence-corrected chi connectivity index (χ1v) is 24.1. The molecule has 0 spiro atoms. The van der Waals surface area contributed by atoms with E-state index in [9.17, 15) is 101 Å². The summed E-state index contributed by atoms with van der Waals surface area (Å²) < 4.78 is 64.0. The van der Waals surface area contributed by atoms with Gasteiger partial charge in [0.05, 0.1) is 39.6 Å². The molecule has 6 aliphatic rings. The Morgan fingerprint density at radius 2 is 0.697 bits per heavy atom. The third-order valence-electron chi connectivity index (χ3n) is 13.6. The maximum Gasteiger partial charge on any atom is 0.217 e. The number of ether oxygens (including phenoxy) is 11. The van der Waals surface area contributed by atoms with Crippen molar-refractivity contribution in [1.82, 2.24) is 16.0 Å². The molecule has 20 N–H and O–H groups in total. The van der Waals surface area contributed by atoms with Crippen LogP contribution in [0.25, 0.3) is 0 Å². The van der Waals surface area contributed by atoms with Crippen molar-refractivity contribution < 1.29 is 153 Å². The van der Waals surface area contributed by atoms with Gasteiger partial charge in [0.25, 0.3) is 0 Å². The van der Waals surface area contributed by atoms with Gasteiger partial charge in [-0.1, -0.05) is 0 Å². The summed E-state index contributed by atoms with van der Waals surface area (Å²) in [5, 5.41) is 191. The third-order valence-corrected chi connectivity index (χ3v) is 13.6. The normalized spacial score (nSPS) is 48.2. The Hall–Kier alpha value is -2.71. The van der Waals surface area contributed by atoms with Crippen molar-refractivity contribution in [3.8, 4) is 0 Å². The van der Waals surface area contributed by atoms with Gasteiger partial charge >= 0.3 is 0 Å². The maximum absolute atomic E-state index is 12.2. The fraction of sp³-hybridized carbons (Fsp3) is 0.929. The molecule has 6 heterocycles. The molecule has 0 aromatic heterocycles. The molecule has 34 nitrogen and oxygen atoms in total. The molecule has 0 bridgehead atoms. The molecule has 6 saturated heterocycles. The average Bonchev–Trinajstić information content (AvgIpc) is 3.37. The van der Waals surface area contributed by atoms with Gasteiger partial charge in [0.2, 0.25) is 17.7 Å². The zero-order valence-electron chi connectivity index (χ0n) is 40.9. The van der Waals surface area contributed by atoms with Gasteiger partial charge < -0.3 is 155 Å². The molecule has 6 aliphatic heterocycles. The van der Waals surface area contributed by atoms with E-state index in [-0.39, 0.29) is 0 Å². The molecule has 0 saturated carbocycles. The quantitative estimate of drug-likeness (QED) is 0.0571. The predicted octanol–water partition coefficient (Wildman–Crippen LogP) is -13.7. The van der Waals surface area contributed by atoms with Crippen LogP contribution in [-0.2, 0) is 66.5 Å². The standard InChI is InChI=1S/C42H71N3O31/c1-10(51)43-19-29(61)33(17(8-50)67-37(19)65)73-40-32(64)34(74-42-36(31(63)25(57)16(7-49)71-42)76-39-21(45-12(3)53)28(60)23(55)14(5-47)69-39)26(58)18(72-40)9-66-41-35(30(62)24(56)15(6-48)70-41)75-38-20(44-11(2)52)27(59)22(54)13(4-46)68-38/h13-42,46-50,54-65H,4-9H2,1-3H3,(H,43,51)(H,44,52)(H,45,53)/t13-,14-,15-,16-,17-,18-,19-,20-,21-,22-,23-,24-,25-,26-,27-,28-,29-,30+,31+,32+,33-,34+,35+,36+,37-,38+,39+,40+,41+,42-/m1/s1. The monoisotopic (exact) mass is 1110 g/mol. The summed E-state index contributed by atoms with van der Waals surface area (Å²) in [4.78, 5) is 36.5. The lowest BCUT2D eigenvalue weighted by molar-refractivity contribution is -0.394. The topological polar surface area (TPSA) is 533 Å². The highest BCUT2D eigenvalue weighted by molar-refractivity contribution is 5.74. The van der Waals surface area contributed by atoms with Crippen molar-refractivity contribution >= 4 is 17.7 Å². The average molecular weight is 1110 g/mol. The van der Waals surface area contributed by atoms with E-state index in [1.165, 1.54) is 0 Å². The molecule has 0 aliphatic carbocycles. The van der Waals surface area contributed by atoms with Crippen LogP contribution < -0.4 is 16.0 Å². The van der Waals surface area contributed by atoms with Crippen LogP contribution in [0.2, 0.25) is 0 Å². The highest BCUT2D eigenvalue weighted by Gasteiger charge is 2.58. The Bertz CT molecular complexity index is 1870. The fourth-order valence-corrected chi connectivity index (χ4v) is 9.58. The predicted molar refractivity (Wildman–Crippen MR) is 234 cm³/mol. The van der Waals surface area contributed by atoms with E-state index < -0.39 is 241 Å². The molecule has 0 unspecified atom stereocenters. The van der Waals surface area contributed by atoms with Crippen LogP contribution in [0.5, 0.6) is 0 Å². The lowest BCUT2D eigenvalue weighted by Crippen LogP contribution is -2.69. The molecule has 30 atom stereocenters. The fourth-order valence-electron chi connectivity index (χ4n) is 9.58. The lowest BCUT2D eigenvalue weighted by Gasteiger charge is -2.50. The van der Waals surface area contributed by atoms with Crippen LogP contribution in [0.1, 0.15) is 20.8 Å². The van der Waals surface area contributed by atoms with Gasteiger partial charge in [0.15, 0.2) is 37.7 Å². The van der Waals surface area contributed by atoms with Gasteiger partial charge in [-0.3, -0.25) is 14.4 Å². The first-order chi connectivity index (χ1) is 35.9. The minimum absolute atomic E-state index is 0.774. The summed E-state index contributed by atoms with van der Waals surface area (Å²) in [5.74, 6) is -2.35. The number of carbonyl (C=O) groups excluding carboxylic acids is 3. The molecule has 440 valence electrons. The lowest BCUT2D eigenvalue weighted by atomic mass is 9.94. The molecular weight excluding hydrogens is 1040 g/mol. The number of hydrogen-bond donors (Lipinski definition) is 20.